The molecule has 0 spiro atoms. The van der Waals surface area contributed by atoms with Crippen molar-refractivity contribution in [1.29, 1.82) is 0 Å². The number of hydrogen-bond acceptors (Lipinski definition) is 3. The molecule has 0 unspecified atom stereocenters. The second-order valence-corrected chi connectivity index (χ2v) is 12.5. The normalized spacial score (nSPS) is 11.2. The predicted octanol–water partition coefficient (Wildman–Crippen LogP) is 12.2. The Balaban J connectivity index is 1.18. The van der Waals surface area contributed by atoms with Gasteiger partial charge in [0, 0.05) is 27.6 Å². The van der Waals surface area contributed by atoms with Gasteiger partial charge in [-0.15, -0.1) is 0 Å². The highest BCUT2D eigenvalue weighted by molar-refractivity contribution is 6.13. The first-order valence-electron chi connectivity index (χ1n) is 16.9. The first-order valence-corrected chi connectivity index (χ1v) is 16.9. The second-order valence-electron chi connectivity index (χ2n) is 12.5. The maximum Gasteiger partial charge on any atom is 0.160 e. The largest absolute Gasteiger partial charge is 0.248 e. The molecular formula is C47H31N3. The van der Waals surface area contributed by atoms with Gasteiger partial charge < -0.3 is 0 Å². The third kappa shape index (κ3) is 5.61. The molecule has 0 fully saturated rings. The molecule has 0 aliphatic heterocycles. The van der Waals surface area contributed by atoms with Crippen LogP contribution in [-0.4, -0.2) is 15.0 Å². The fourth-order valence-corrected chi connectivity index (χ4v) is 6.76. The van der Waals surface area contributed by atoms with Gasteiger partial charge >= 0.3 is 0 Å². The lowest BCUT2D eigenvalue weighted by Crippen LogP contribution is -1.96. The van der Waals surface area contributed by atoms with Crippen LogP contribution in [0.15, 0.2) is 188 Å². The molecule has 0 radical (unpaired) electrons. The van der Waals surface area contributed by atoms with Gasteiger partial charge in [0.05, 0.1) is 22.6 Å². The third-order valence-electron chi connectivity index (χ3n) is 9.28. The van der Waals surface area contributed by atoms with Crippen molar-refractivity contribution in [3.63, 3.8) is 0 Å². The standard InChI is InChI=1S/C47H31N3/c1-4-13-32(14-5-1)38-20-12-21-39(29-38)45-31-44(36-18-8-3-9-19-36)49-47(50-45)37-25-23-34(24-26-37)41-30-43(35-16-6-2-7-17-35)48-42-28-27-33-15-10-11-22-40(33)46(41)42/h1-31H. The Bertz CT molecular complexity index is 2610. The van der Waals surface area contributed by atoms with Crippen molar-refractivity contribution in [1.82, 2.24) is 15.0 Å². The Morgan fingerprint density at radius 1 is 0.300 bits per heavy atom. The number of fused-ring (bicyclic) bond motifs is 3. The lowest BCUT2D eigenvalue weighted by molar-refractivity contribution is 1.18. The molecule has 234 valence electrons. The van der Waals surface area contributed by atoms with Crippen molar-refractivity contribution in [2.75, 3.05) is 0 Å². The Morgan fingerprint density at radius 2 is 0.840 bits per heavy atom. The summed E-state index contributed by atoms with van der Waals surface area (Å²) in [6.45, 7) is 0. The first-order chi connectivity index (χ1) is 24.8. The summed E-state index contributed by atoms with van der Waals surface area (Å²) in [5.74, 6) is 0.688. The van der Waals surface area contributed by atoms with E-state index in [2.05, 4.69) is 158 Å². The van der Waals surface area contributed by atoms with Crippen LogP contribution < -0.4 is 0 Å². The van der Waals surface area contributed by atoms with Gasteiger partial charge in [0.15, 0.2) is 5.82 Å². The first kappa shape index (κ1) is 29.4. The van der Waals surface area contributed by atoms with Crippen molar-refractivity contribution >= 4 is 21.7 Å². The molecule has 9 aromatic rings. The Hall–Kier alpha value is -6.71. The van der Waals surface area contributed by atoms with Gasteiger partial charge in [-0.05, 0) is 57.3 Å². The number of hydrogen-bond donors (Lipinski definition) is 0. The summed E-state index contributed by atoms with van der Waals surface area (Å²) in [5.41, 5.74) is 12.4. The Kier molecular flexibility index (Phi) is 7.49. The van der Waals surface area contributed by atoms with Crippen LogP contribution in [0.2, 0.25) is 0 Å². The molecule has 3 nitrogen and oxygen atoms in total. The van der Waals surface area contributed by atoms with Crippen LogP contribution in [0.25, 0.3) is 89.1 Å². The lowest BCUT2D eigenvalue weighted by atomic mass is 9.94. The average Bonchev–Trinajstić information content (AvgIpc) is 3.21. The number of benzene rings is 7. The molecule has 3 heteroatoms. The number of aromatic nitrogens is 3. The maximum atomic E-state index is 5.16. The van der Waals surface area contributed by atoms with E-state index < -0.39 is 0 Å². The monoisotopic (exact) mass is 637 g/mol. The molecule has 0 saturated carbocycles. The van der Waals surface area contributed by atoms with E-state index in [0.29, 0.717) is 5.82 Å². The van der Waals surface area contributed by atoms with Crippen LogP contribution >= 0.6 is 0 Å². The van der Waals surface area contributed by atoms with Crippen LogP contribution in [0.1, 0.15) is 0 Å². The predicted molar refractivity (Wildman–Crippen MR) is 207 cm³/mol. The molecule has 0 aliphatic carbocycles. The number of rotatable bonds is 6. The summed E-state index contributed by atoms with van der Waals surface area (Å²) in [5, 5.41) is 3.54. The minimum atomic E-state index is 0.688. The molecule has 7 aromatic carbocycles. The Morgan fingerprint density at radius 3 is 1.54 bits per heavy atom. The molecule has 0 saturated heterocycles. The highest BCUT2D eigenvalue weighted by atomic mass is 14.9. The van der Waals surface area contributed by atoms with Crippen molar-refractivity contribution in [3.05, 3.63) is 188 Å². The zero-order valence-corrected chi connectivity index (χ0v) is 27.2. The van der Waals surface area contributed by atoms with E-state index in [1.807, 2.05) is 30.3 Å². The van der Waals surface area contributed by atoms with Gasteiger partial charge in [-0.2, -0.15) is 0 Å². The fraction of sp³-hybridized carbons (Fsp3) is 0. The lowest BCUT2D eigenvalue weighted by Gasteiger charge is -2.14. The average molecular weight is 638 g/mol. The number of pyridine rings is 1. The summed E-state index contributed by atoms with van der Waals surface area (Å²) in [6.07, 6.45) is 0. The van der Waals surface area contributed by atoms with Crippen molar-refractivity contribution in [2.24, 2.45) is 0 Å². The molecule has 0 bridgehead atoms. The van der Waals surface area contributed by atoms with E-state index in [-0.39, 0.29) is 0 Å². The zero-order chi connectivity index (χ0) is 33.3. The molecule has 9 rings (SSSR count). The molecule has 2 aromatic heterocycles. The smallest absolute Gasteiger partial charge is 0.160 e. The molecule has 50 heavy (non-hydrogen) atoms. The van der Waals surface area contributed by atoms with Crippen LogP contribution in [0, 0.1) is 0 Å². The molecule has 0 atom stereocenters. The summed E-state index contributed by atoms with van der Waals surface area (Å²) < 4.78 is 0. The quantitative estimate of drug-likeness (QED) is 0.170. The van der Waals surface area contributed by atoms with E-state index in [4.69, 9.17) is 15.0 Å². The molecule has 0 N–H and O–H groups in total. The van der Waals surface area contributed by atoms with Crippen molar-refractivity contribution in [2.45, 2.75) is 0 Å². The third-order valence-corrected chi connectivity index (χ3v) is 9.28. The number of nitrogens with zero attached hydrogens (tertiary/aromatic N) is 3. The van der Waals surface area contributed by atoms with Gasteiger partial charge in [0.1, 0.15) is 0 Å². The van der Waals surface area contributed by atoms with E-state index in [1.165, 1.54) is 16.3 Å². The second kappa shape index (κ2) is 12.7. The van der Waals surface area contributed by atoms with E-state index in [1.54, 1.807) is 0 Å². The van der Waals surface area contributed by atoms with E-state index in [0.717, 1.165) is 66.9 Å². The van der Waals surface area contributed by atoms with Crippen LogP contribution in [0.3, 0.4) is 0 Å². The van der Waals surface area contributed by atoms with Crippen molar-refractivity contribution in [3.8, 4) is 67.4 Å². The van der Waals surface area contributed by atoms with E-state index >= 15 is 0 Å². The summed E-state index contributed by atoms with van der Waals surface area (Å²) >= 11 is 0. The molecular weight excluding hydrogens is 607 g/mol. The van der Waals surface area contributed by atoms with Crippen molar-refractivity contribution < 1.29 is 0 Å². The van der Waals surface area contributed by atoms with Crippen LogP contribution in [0.4, 0.5) is 0 Å². The fourth-order valence-electron chi connectivity index (χ4n) is 6.76. The maximum absolute atomic E-state index is 5.16. The molecule has 0 aliphatic rings. The molecule has 0 amide bonds. The summed E-state index contributed by atoms with van der Waals surface area (Å²) in [6, 6.07) is 65.6. The Labute approximate surface area is 291 Å². The van der Waals surface area contributed by atoms with Gasteiger partial charge in [0.25, 0.3) is 0 Å². The van der Waals surface area contributed by atoms with Gasteiger partial charge in [-0.1, -0.05) is 164 Å². The summed E-state index contributed by atoms with van der Waals surface area (Å²) in [7, 11) is 0. The minimum Gasteiger partial charge on any atom is -0.248 e. The summed E-state index contributed by atoms with van der Waals surface area (Å²) in [4.78, 5) is 15.4. The van der Waals surface area contributed by atoms with Gasteiger partial charge in [-0.25, -0.2) is 15.0 Å². The van der Waals surface area contributed by atoms with Gasteiger partial charge in [0.2, 0.25) is 0 Å². The SMILES string of the molecule is c1ccc(-c2cccc(-c3cc(-c4ccccc4)nc(-c4ccc(-c5cc(-c6ccccc6)nc6ccc7ccccc7c56)cc4)n3)c2)cc1. The van der Waals surface area contributed by atoms with Crippen LogP contribution in [0.5, 0.6) is 0 Å². The van der Waals surface area contributed by atoms with Crippen LogP contribution in [-0.2, 0) is 0 Å². The van der Waals surface area contributed by atoms with Gasteiger partial charge in [-0.3, -0.25) is 0 Å². The van der Waals surface area contributed by atoms with E-state index in [9.17, 15) is 0 Å². The highest BCUT2D eigenvalue weighted by Crippen LogP contribution is 2.38. The zero-order valence-electron chi connectivity index (χ0n) is 27.2. The minimum absolute atomic E-state index is 0.688. The topological polar surface area (TPSA) is 38.7 Å². The highest BCUT2D eigenvalue weighted by Gasteiger charge is 2.15. The molecule has 2 heterocycles.